The van der Waals surface area contributed by atoms with Crippen LogP contribution in [0, 0.1) is 6.92 Å². The fourth-order valence-electron chi connectivity index (χ4n) is 3.69. The quantitative estimate of drug-likeness (QED) is 0.424. The van der Waals surface area contributed by atoms with Gasteiger partial charge < -0.3 is 10.6 Å². The molecule has 0 aliphatic heterocycles. The number of nitrogens with one attached hydrogen (secondary N) is 2. The number of amides is 2. The largest absolute Gasteiger partial charge is 0.349 e. The Balaban J connectivity index is 1.36. The molecule has 5 rings (SSSR count). The zero-order valence-corrected chi connectivity index (χ0v) is 18.3. The third-order valence-electron chi connectivity index (χ3n) is 5.65. The highest BCUT2D eigenvalue weighted by Gasteiger charge is 2.23. The summed E-state index contributed by atoms with van der Waals surface area (Å²) >= 11 is 0. The molecule has 2 aromatic heterocycles. The minimum atomic E-state index is -0.258. The lowest BCUT2D eigenvalue weighted by molar-refractivity contribution is -0.111. The van der Waals surface area contributed by atoms with Crippen molar-refractivity contribution in [2.24, 2.45) is 0 Å². The van der Waals surface area contributed by atoms with E-state index in [1.165, 1.54) is 6.08 Å². The van der Waals surface area contributed by atoms with Crippen molar-refractivity contribution >= 4 is 29.4 Å². The van der Waals surface area contributed by atoms with Crippen LogP contribution in [0.2, 0.25) is 0 Å². The molecule has 6 heteroatoms. The fourth-order valence-corrected chi connectivity index (χ4v) is 3.69. The molecule has 6 nitrogen and oxygen atoms in total. The SMILES string of the molecule is Cc1cccn2c(NC(=O)C=Cc3ccc(C(=O)NC4CC4)cc3)c(-c3ccccc3)nc12. The average molecular weight is 437 g/mol. The Morgan fingerprint density at radius 1 is 1.00 bits per heavy atom. The van der Waals surface area contributed by atoms with E-state index in [1.807, 2.05) is 72.1 Å². The van der Waals surface area contributed by atoms with E-state index in [1.54, 1.807) is 18.2 Å². The van der Waals surface area contributed by atoms with Crippen molar-refractivity contribution in [3.05, 3.63) is 95.7 Å². The van der Waals surface area contributed by atoms with E-state index in [0.29, 0.717) is 17.4 Å². The number of nitrogens with zero attached hydrogens (tertiary/aromatic N) is 2. The third-order valence-corrected chi connectivity index (χ3v) is 5.65. The average Bonchev–Trinajstić information content (AvgIpc) is 3.58. The van der Waals surface area contributed by atoms with Crippen LogP contribution in [0.15, 0.2) is 79.0 Å². The lowest BCUT2D eigenvalue weighted by atomic mass is 10.1. The summed E-state index contributed by atoms with van der Waals surface area (Å²) < 4.78 is 1.90. The molecule has 0 unspecified atom stereocenters. The molecule has 0 bridgehead atoms. The highest BCUT2D eigenvalue weighted by Crippen LogP contribution is 2.29. The van der Waals surface area contributed by atoms with Crippen molar-refractivity contribution in [3.63, 3.8) is 0 Å². The minimum absolute atomic E-state index is 0.0536. The zero-order chi connectivity index (χ0) is 22.8. The monoisotopic (exact) mass is 436 g/mol. The predicted molar refractivity (Wildman–Crippen MR) is 130 cm³/mol. The number of carbonyl (C=O) groups is 2. The van der Waals surface area contributed by atoms with E-state index in [4.69, 9.17) is 4.98 Å². The molecule has 164 valence electrons. The van der Waals surface area contributed by atoms with Gasteiger partial charge in [-0.15, -0.1) is 0 Å². The lowest BCUT2D eigenvalue weighted by Crippen LogP contribution is -2.25. The molecular weight excluding hydrogens is 412 g/mol. The Kier molecular flexibility index (Phi) is 5.48. The topological polar surface area (TPSA) is 75.5 Å². The molecule has 1 fully saturated rings. The molecule has 1 saturated carbocycles. The summed E-state index contributed by atoms with van der Waals surface area (Å²) in [6, 6.07) is 21.3. The summed E-state index contributed by atoms with van der Waals surface area (Å²) in [5.41, 5.74) is 4.94. The molecule has 0 radical (unpaired) electrons. The van der Waals surface area contributed by atoms with Gasteiger partial charge in [0.1, 0.15) is 17.2 Å². The normalized spacial score (nSPS) is 13.4. The van der Waals surface area contributed by atoms with Crippen LogP contribution >= 0.6 is 0 Å². The van der Waals surface area contributed by atoms with Gasteiger partial charge in [-0.25, -0.2) is 4.98 Å². The van der Waals surface area contributed by atoms with Gasteiger partial charge in [-0.2, -0.15) is 0 Å². The molecular formula is C27H24N4O2. The first-order valence-corrected chi connectivity index (χ1v) is 11.0. The van der Waals surface area contributed by atoms with Crippen molar-refractivity contribution in [1.29, 1.82) is 0 Å². The molecule has 0 saturated heterocycles. The molecule has 0 atom stereocenters. The Bertz CT molecular complexity index is 1350. The number of hydrogen-bond donors (Lipinski definition) is 2. The van der Waals surface area contributed by atoms with Crippen LogP contribution in [0.3, 0.4) is 0 Å². The van der Waals surface area contributed by atoms with Crippen LogP contribution in [0.1, 0.15) is 34.3 Å². The number of pyridine rings is 1. The first kappa shape index (κ1) is 20.7. The highest BCUT2D eigenvalue weighted by atomic mass is 16.2. The zero-order valence-electron chi connectivity index (χ0n) is 18.3. The molecule has 2 N–H and O–H groups in total. The summed E-state index contributed by atoms with van der Waals surface area (Å²) in [5.74, 6) is 0.315. The number of rotatable bonds is 6. The summed E-state index contributed by atoms with van der Waals surface area (Å²) in [7, 11) is 0. The van der Waals surface area contributed by atoms with Gasteiger partial charge in [0, 0.05) is 29.4 Å². The van der Waals surface area contributed by atoms with Crippen molar-refractivity contribution in [2.45, 2.75) is 25.8 Å². The van der Waals surface area contributed by atoms with Crippen molar-refractivity contribution in [3.8, 4) is 11.3 Å². The molecule has 1 aliphatic rings. The maximum absolute atomic E-state index is 12.8. The number of aryl methyl sites for hydroxylation is 1. The third kappa shape index (κ3) is 4.55. The number of imidazole rings is 1. The number of carbonyl (C=O) groups excluding carboxylic acids is 2. The van der Waals surface area contributed by atoms with E-state index in [-0.39, 0.29) is 11.8 Å². The summed E-state index contributed by atoms with van der Waals surface area (Å²) in [5, 5.41) is 5.97. The number of fused-ring (bicyclic) bond motifs is 1. The number of anilines is 1. The van der Waals surface area contributed by atoms with E-state index >= 15 is 0 Å². The number of benzene rings is 2. The van der Waals surface area contributed by atoms with Gasteiger partial charge in [-0.05, 0) is 55.2 Å². The minimum Gasteiger partial charge on any atom is -0.349 e. The molecule has 1 aliphatic carbocycles. The van der Waals surface area contributed by atoms with Gasteiger partial charge in [0.05, 0.1) is 0 Å². The van der Waals surface area contributed by atoms with Crippen LogP contribution in [0.5, 0.6) is 0 Å². The lowest BCUT2D eigenvalue weighted by Gasteiger charge is -2.06. The van der Waals surface area contributed by atoms with Gasteiger partial charge in [-0.3, -0.25) is 14.0 Å². The van der Waals surface area contributed by atoms with Crippen molar-refractivity contribution < 1.29 is 9.59 Å². The smallest absolute Gasteiger partial charge is 0.251 e. The Labute approximate surface area is 192 Å². The van der Waals surface area contributed by atoms with Crippen LogP contribution in [-0.2, 0) is 4.79 Å². The van der Waals surface area contributed by atoms with Crippen LogP contribution in [0.25, 0.3) is 23.0 Å². The van der Waals surface area contributed by atoms with E-state index in [9.17, 15) is 9.59 Å². The maximum Gasteiger partial charge on any atom is 0.251 e. The van der Waals surface area contributed by atoms with Crippen molar-refractivity contribution in [2.75, 3.05) is 5.32 Å². The Morgan fingerprint density at radius 2 is 1.76 bits per heavy atom. The van der Waals surface area contributed by atoms with Crippen LogP contribution < -0.4 is 10.6 Å². The molecule has 2 heterocycles. The molecule has 4 aromatic rings. The first-order chi connectivity index (χ1) is 16.1. The number of aromatic nitrogens is 2. The molecule has 33 heavy (non-hydrogen) atoms. The van der Waals surface area contributed by atoms with Gasteiger partial charge in [0.25, 0.3) is 5.91 Å². The molecule has 2 aromatic carbocycles. The fraction of sp³-hybridized carbons (Fsp3) is 0.148. The summed E-state index contributed by atoms with van der Waals surface area (Å²) in [4.78, 5) is 29.7. The van der Waals surface area contributed by atoms with Gasteiger partial charge in [0.15, 0.2) is 0 Å². The Morgan fingerprint density at radius 3 is 2.48 bits per heavy atom. The second kappa shape index (κ2) is 8.74. The first-order valence-electron chi connectivity index (χ1n) is 11.0. The molecule has 2 amide bonds. The summed E-state index contributed by atoms with van der Waals surface area (Å²) in [6.07, 6.45) is 7.23. The predicted octanol–water partition coefficient (Wildman–Crippen LogP) is 4.85. The van der Waals surface area contributed by atoms with Crippen LogP contribution in [0.4, 0.5) is 5.82 Å². The summed E-state index contributed by atoms with van der Waals surface area (Å²) in [6.45, 7) is 2.00. The van der Waals surface area contributed by atoms with E-state index < -0.39 is 0 Å². The second-order valence-corrected chi connectivity index (χ2v) is 8.25. The Hall–Kier alpha value is -4.19. The number of hydrogen-bond acceptors (Lipinski definition) is 3. The second-order valence-electron chi connectivity index (χ2n) is 8.25. The van der Waals surface area contributed by atoms with Gasteiger partial charge >= 0.3 is 0 Å². The van der Waals surface area contributed by atoms with Crippen LogP contribution in [-0.4, -0.2) is 27.2 Å². The van der Waals surface area contributed by atoms with Gasteiger partial charge in [0.2, 0.25) is 5.91 Å². The van der Waals surface area contributed by atoms with Crippen molar-refractivity contribution in [1.82, 2.24) is 14.7 Å². The molecule has 0 spiro atoms. The van der Waals surface area contributed by atoms with E-state index in [2.05, 4.69) is 10.6 Å². The standard InChI is InChI=1S/C27H24N4O2/c1-18-6-5-17-31-25(18)30-24(20-7-3-2-4-8-20)26(31)29-23(32)16-11-19-9-12-21(13-10-19)27(33)28-22-14-15-22/h2-13,16-17,22H,14-15H2,1H3,(H,28,33)(H,29,32). The highest BCUT2D eigenvalue weighted by molar-refractivity contribution is 6.04. The van der Waals surface area contributed by atoms with E-state index in [0.717, 1.165) is 40.9 Å². The maximum atomic E-state index is 12.8. The van der Waals surface area contributed by atoms with Gasteiger partial charge in [-0.1, -0.05) is 48.5 Å².